The Hall–Kier alpha value is -2.48. The van der Waals surface area contributed by atoms with Crippen molar-refractivity contribution < 1.29 is 8.91 Å². The van der Waals surface area contributed by atoms with E-state index in [0.717, 1.165) is 25.7 Å². The summed E-state index contributed by atoms with van der Waals surface area (Å²) >= 11 is 0. The van der Waals surface area contributed by atoms with Gasteiger partial charge in [-0.05, 0) is 38.7 Å². The lowest BCUT2D eigenvalue weighted by Gasteiger charge is -2.26. The lowest BCUT2D eigenvalue weighted by Crippen LogP contribution is -2.26. The van der Waals surface area contributed by atoms with E-state index in [1.807, 2.05) is 6.92 Å². The second-order valence-corrected chi connectivity index (χ2v) is 6.63. The molecule has 1 aliphatic rings. The van der Waals surface area contributed by atoms with Gasteiger partial charge in [0.05, 0.1) is 11.1 Å². The minimum atomic E-state index is -0.616. The number of hydrogen-bond donors (Lipinski definition) is 2. The number of aryl methyl sites for hydroxylation is 1. The van der Waals surface area contributed by atoms with E-state index in [9.17, 15) is 14.0 Å². The van der Waals surface area contributed by atoms with Crippen LogP contribution in [0.1, 0.15) is 44.2 Å². The molecule has 7 nitrogen and oxygen atoms in total. The molecule has 3 heterocycles. The average molecular weight is 346 g/mol. The Morgan fingerprint density at radius 3 is 2.76 bits per heavy atom. The van der Waals surface area contributed by atoms with Crippen molar-refractivity contribution in [2.75, 3.05) is 0 Å². The molecule has 1 saturated carbocycles. The molecule has 1 aliphatic carbocycles. The Morgan fingerprint density at radius 1 is 1.36 bits per heavy atom. The van der Waals surface area contributed by atoms with Crippen molar-refractivity contribution >= 4 is 22.1 Å². The van der Waals surface area contributed by atoms with Crippen molar-refractivity contribution in [3.05, 3.63) is 38.2 Å². The first-order valence-corrected chi connectivity index (χ1v) is 8.51. The number of fused-ring (bicyclic) bond motifs is 2. The van der Waals surface area contributed by atoms with Crippen LogP contribution in [0.4, 0.5) is 4.39 Å². The third-order valence-corrected chi connectivity index (χ3v) is 5.11. The number of nitrogens with two attached hydrogens (primary N) is 1. The molecule has 8 heteroatoms. The summed E-state index contributed by atoms with van der Waals surface area (Å²) in [7, 11) is 0. The van der Waals surface area contributed by atoms with Crippen molar-refractivity contribution in [1.82, 2.24) is 14.7 Å². The second kappa shape index (κ2) is 5.80. The third kappa shape index (κ3) is 2.39. The van der Waals surface area contributed by atoms with Gasteiger partial charge in [0.15, 0.2) is 5.39 Å². The molecule has 3 aromatic rings. The van der Waals surface area contributed by atoms with Crippen molar-refractivity contribution in [2.24, 2.45) is 5.73 Å². The quantitative estimate of drug-likeness (QED) is 0.738. The molecule has 25 heavy (non-hydrogen) atoms. The van der Waals surface area contributed by atoms with Crippen molar-refractivity contribution in [1.29, 1.82) is 0 Å². The number of halogens is 1. The van der Waals surface area contributed by atoms with Gasteiger partial charge in [-0.2, -0.15) is 5.16 Å². The minimum Gasteiger partial charge on any atom is -0.360 e. The molecule has 0 saturated heterocycles. The highest BCUT2D eigenvalue weighted by molar-refractivity contribution is 5.88. The Bertz CT molecular complexity index is 1070. The molecule has 3 aromatic heterocycles. The van der Waals surface area contributed by atoms with E-state index in [2.05, 4.69) is 10.1 Å². The molecular formula is C17H19FN4O3. The van der Waals surface area contributed by atoms with Gasteiger partial charge in [0.1, 0.15) is 11.5 Å². The average Bonchev–Trinajstić information content (AvgIpc) is 2.98. The summed E-state index contributed by atoms with van der Waals surface area (Å²) < 4.78 is 21.5. The number of nitrogens with one attached hydrogen (secondary N) is 1. The fraction of sp³-hybridized carbons (Fsp3) is 0.471. The molecule has 0 amide bonds. The summed E-state index contributed by atoms with van der Waals surface area (Å²) in [6.07, 6.45) is 3.20. The fourth-order valence-electron chi connectivity index (χ4n) is 3.75. The first-order chi connectivity index (χ1) is 12.0. The molecule has 0 aromatic carbocycles. The highest BCUT2D eigenvalue weighted by atomic mass is 19.1. The molecule has 0 unspecified atom stereocenters. The van der Waals surface area contributed by atoms with Gasteiger partial charge in [-0.25, -0.2) is 9.37 Å². The van der Waals surface area contributed by atoms with E-state index in [4.69, 9.17) is 10.3 Å². The maximum atomic E-state index is 14.7. The molecule has 132 valence electrons. The molecule has 0 bridgehead atoms. The molecule has 0 radical (unpaired) electrons. The molecule has 3 N–H and O–H groups in total. The van der Waals surface area contributed by atoms with Crippen LogP contribution in [0.5, 0.6) is 0 Å². The maximum absolute atomic E-state index is 14.7. The van der Waals surface area contributed by atoms with Crippen LogP contribution >= 0.6 is 0 Å². The molecule has 0 aliphatic heterocycles. The normalized spacial score (nSPS) is 21.2. The summed E-state index contributed by atoms with van der Waals surface area (Å²) in [5, 5.41) is 2.17. The maximum Gasteiger partial charge on any atom is 0.293 e. The van der Waals surface area contributed by atoms with Gasteiger partial charge in [-0.3, -0.25) is 14.2 Å². The highest BCUT2D eigenvalue weighted by Gasteiger charge is 2.26. The SMILES string of the molecule is CCn1c2nc(C3CCC(N)CC3)c(F)cc2c(=O)c2c(=O)[nH]oc21. The van der Waals surface area contributed by atoms with Gasteiger partial charge < -0.3 is 10.3 Å². The minimum absolute atomic E-state index is 0.0152. The van der Waals surface area contributed by atoms with E-state index in [0.29, 0.717) is 17.9 Å². The van der Waals surface area contributed by atoms with E-state index >= 15 is 0 Å². The monoisotopic (exact) mass is 346 g/mol. The third-order valence-electron chi connectivity index (χ3n) is 5.11. The number of H-pyrrole nitrogens is 1. The largest absolute Gasteiger partial charge is 0.360 e. The van der Waals surface area contributed by atoms with Crippen LogP contribution in [-0.2, 0) is 6.54 Å². The summed E-state index contributed by atoms with van der Waals surface area (Å²) in [6, 6.07) is 1.36. The van der Waals surface area contributed by atoms with Crippen molar-refractivity contribution in [3.8, 4) is 0 Å². The first kappa shape index (κ1) is 16.0. The Morgan fingerprint density at radius 2 is 2.08 bits per heavy atom. The van der Waals surface area contributed by atoms with E-state index < -0.39 is 16.8 Å². The lowest BCUT2D eigenvalue weighted by atomic mass is 9.84. The van der Waals surface area contributed by atoms with Crippen LogP contribution in [0.2, 0.25) is 0 Å². The molecule has 1 fully saturated rings. The second-order valence-electron chi connectivity index (χ2n) is 6.63. The van der Waals surface area contributed by atoms with Gasteiger partial charge in [0.2, 0.25) is 11.1 Å². The van der Waals surface area contributed by atoms with E-state index in [1.165, 1.54) is 6.07 Å². The molecule has 0 spiro atoms. The number of hydrogen-bond acceptors (Lipinski definition) is 5. The molecule has 4 rings (SSSR count). The number of aromatic nitrogens is 3. The van der Waals surface area contributed by atoms with Crippen molar-refractivity contribution in [3.63, 3.8) is 0 Å². The van der Waals surface area contributed by atoms with Crippen LogP contribution in [0.15, 0.2) is 20.2 Å². The summed E-state index contributed by atoms with van der Waals surface area (Å²) in [5.74, 6) is -0.523. The van der Waals surface area contributed by atoms with Gasteiger partial charge in [-0.15, -0.1) is 0 Å². The van der Waals surface area contributed by atoms with Gasteiger partial charge in [0.25, 0.3) is 5.56 Å². The number of rotatable bonds is 2. The number of pyridine rings is 2. The van der Waals surface area contributed by atoms with Gasteiger partial charge in [0, 0.05) is 18.5 Å². The zero-order valence-corrected chi connectivity index (χ0v) is 13.8. The smallest absolute Gasteiger partial charge is 0.293 e. The van der Waals surface area contributed by atoms with Crippen LogP contribution < -0.4 is 16.7 Å². The van der Waals surface area contributed by atoms with Crippen LogP contribution in [0, 0.1) is 5.82 Å². The summed E-state index contributed by atoms with van der Waals surface area (Å²) in [6.45, 7) is 2.28. The van der Waals surface area contributed by atoms with Gasteiger partial charge >= 0.3 is 0 Å². The Kier molecular flexibility index (Phi) is 3.72. The van der Waals surface area contributed by atoms with E-state index in [1.54, 1.807) is 4.57 Å². The van der Waals surface area contributed by atoms with Gasteiger partial charge in [-0.1, -0.05) is 0 Å². The zero-order chi connectivity index (χ0) is 17.7. The molecule has 0 atom stereocenters. The highest BCUT2D eigenvalue weighted by Crippen LogP contribution is 2.33. The Labute approximate surface area is 141 Å². The van der Waals surface area contributed by atoms with Crippen LogP contribution in [0.3, 0.4) is 0 Å². The first-order valence-electron chi connectivity index (χ1n) is 8.51. The van der Waals surface area contributed by atoms with Crippen LogP contribution in [0.25, 0.3) is 22.1 Å². The van der Waals surface area contributed by atoms with E-state index in [-0.39, 0.29) is 28.4 Å². The topological polar surface area (TPSA) is 107 Å². The zero-order valence-electron chi connectivity index (χ0n) is 13.8. The lowest BCUT2D eigenvalue weighted by molar-refractivity contribution is 0.381. The molecular weight excluding hydrogens is 327 g/mol. The fourth-order valence-corrected chi connectivity index (χ4v) is 3.75. The number of aromatic amines is 1. The van der Waals surface area contributed by atoms with Crippen molar-refractivity contribution in [2.45, 2.75) is 51.1 Å². The standard InChI is InChI=1S/C17H19FN4O3/c1-2-22-15-10(14(23)12-16(24)21-25-17(12)22)7-11(18)13(20-15)8-3-5-9(19)6-4-8/h7-9H,2-6,19H2,1H3,(H,21,24). The van der Waals surface area contributed by atoms with Crippen LogP contribution in [-0.4, -0.2) is 20.7 Å². The Balaban J connectivity index is 2.00. The predicted molar refractivity (Wildman–Crippen MR) is 91.2 cm³/mol. The summed E-state index contributed by atoms with van der Waals surface area (Å²) in [4.78, 5) is 28.9. The number of nitrogens with zero attached hydrogens (tertiary/aromatic N) is 2. The predicted octanol–water partition coefficient (Wildman–Crippen LogP) is 1.97. The summed E-state index contributed by atoms with van der Waals surface area (Å²) in [5.41, 5.74) is 5.59.